The molecule has 1 N–H and O–H groups in total. The molecule has 1 aliphatic rings. The van der Waals surface area contributed by atoms with E-state index in [1.807, 2.05) is 12.1 Å². The Morgan fingerprint density at radius 2 is 2.05 bits per heavy atom. The van der Waals surface area contributed by atoms with E-state index in [0.29, 0.717) is 21.4 Å². The summed E-state index contributed by atoms with van der Waals surface area (Å²) in [5.41, 5.74) is 0.849. The Kier molecular flexibility index (Phi) is 3.38. The number of carbonyl (C=O) groups is 2. The number of imide groups is 1. The zero-order valence-electron chi connectivity index (χ0n) is 10.1. The summed E-state index contributed by atoms with van der Waals surface area (Å²) < 4.78 is 5.63. The zero-order valence-corrected chi connectivity index (χ0v) is 11.6. The first-order chi connectivity index (χ1) is 9.61. The van der Waals surface area contributed by atoms with Crippen molar-refractivity contribution < 1.29 is 14.0 Å². The Balaban J connectivity index is 1.89. The van der Waals surface area contributed by atoms with Gasteiger partial charge in [0.15, 0.2) is 0 Å². The van der Waals surface area contributed by atoms with Crippen LogP contribution in [-0.4, -0.2) is 11.1 Å². The Morgan fingerprint density at radius 1 is 1.20 bits per heavy atom. The summed E-state index contributed by atoms with van der Waals surface area (Å²) in [4.78, 5) is 22.8. The van der Waals surface area contributed by atoms with Gasteiger partial charge in [0, 0.05) is 16.7 Å². The Labute approximate surface area is 123 Å². The van der Waals surface area contributed by atoms with Crippen molar-refractivity contribution in [2.75, 3.05) is 0 Å². The molecule has 3 rings (SSSR count). The third-order valence-electron chi connectivity index (χ3n) is 2.65. The molecule has 0 atom stereocenters. The molecule has 100 valence electrons. The first-order valence-corrected chi connectivity index (χ1v) is 6.92. The minimum atomic E-state index is -0.402. The number of thioether (sulfide) groups is 1. The first kappa shape index (κ1) is 13.0. The molecule has 1 aromatic heterocycles. The number of hydrogen-bond donors (Lipinski definition) is 1. The highest BCUT2D eigenvalue weighted by Crippen LogP contribution is 2.29. The normalized spacial score (nSPS) is 16.8. The molecule has 1 saturated heterocycles. The van der Waals surface area contributed by atoms with Crippen LogP contribution in [0.25, 0.3) is 17.4 Å². The van der Waals surface area contributed by atoms with E-state index in [1.54, 1.807) is 30.3 Å². The van der Waals surface area contributed by atoms with Crippen molar-refractivity contribution in [3.8, 4) is 11.3 Å². The number of benzene rings is 1. The summed E-state index contributed by atoms with van der Waals surface area (Å²) in [6.07, 6.45) is 1.54. The molecule has 0 unspecified atom stereocenters. The lowest BCUT2D eigenvalue weighted by molar-refractivity contribution is -0.115. The summed E-state index contributed by atoms with van der Waals surface area (Å²) in [5, 5.41) is 2.44. The number of nitrogens with one attached hydrogen (secondary N) is 1. The van der Waals surface area contributed by atoms with Crippen LogP contribution in [-0.2, 0) is 4.79 Å². The van der Waals surface area contributed by atoms with Crippen LogP contribution in [0, 0.1) is 0 Å². The van der Waals surface area contributed by atoms with Crippen LogP contribution in [0.4, 0.5) is 4.79 Å². The first-order valence-electron chi connectivity index (χ1n) is 5.72. The minimum Gasteiger partial charge on any atom is -0.457 e. The second-order valence-corrected chi connectivity index (χ2v) is 5.52. The molecule has 1 aliphatic heterocycles. The van der Waals surface area contributed by atoms with Crippen molar-refractivity contribution in [2.24, 2.45) is 0 Å². The van der Waals surface area contributed by atoms with E-state index in [1.165, 1.54) is 0 Å². The van der Waals surface area contributed by atoms with E-state index in [4.69, 9.17) is 16.0 Å². The van der Waals surface area contributed by atoms with Crippen molar-refractivity contribution in [1.82, 2.24) is 5.32 Å². The van der Waals surface area contributed by atoms with E-state index in [9.17, 15) is 9.59 Å². The lowest BCUT2D eigenvalue weighted by Crippen LogP contribution is -2.17. The van der Waals surface area contributed by atoms with Gasteiger partial charge >= 0.3 is 0 Å². The quantitative estimate of drug-likeness (QED) is 0.854. The maximum atomic E-state index is 11.4. The molecule has 0 bridgehead atoms. The maximum Gasteiger partial charge on any atom is 0.290 e. The van der Waals surface area contributed by atoms with Gasteiger partial charge in [0.1, 0.15) is 11.5 Å². The van der Waals surface area contributed by atoms with E-state index >= 15 is 0 Å². The third-order valence-corrected chi connectivity index (χ3v) is 3.70. The molecule has 20 heavy (non-hydrogen) atoms. The van der Waals surface area contributed by atoms with Crippen LogP contribution < -0.4 is 5.32 Å². The van der Waals surface area contributed by atoms with Crippen LogP contribution >= 0.6 is 23.4 Å². The van der Waals surface area contributed by atoms with Gasteiger partial charge in [-0.1, -0.05) is 23.7 Å². The average molecular weight is 306 g/mol. The second kappa shape index (κ2) is 5.19. The summed E-state index contributed by atoms with van der Waals surface area (Å²) in [7, 11) is 0. The van der Waals surface area contributed by atoms with Crippen LogP contribution in [0.3, 0.4) is 0 Å². The van der Waals surface area contributed by atoms with Gasteiger partial charge in [0.25, 0.3) is 11.1 Å². The number of hydrogen-bond acceptors (Lipinski definition) is 4. The molecular weight excluding hydrogens is 298 g/mol. The molecule has 4 nitrogen and oxygen atoms in total. The van der Waals surface area contributed by atoms with Gasteiger partial charge in [-0.05, 0) is 36.0 Å². The number of rotatable bonds is 2. The maximum absolute atomic E-state index is 11.4. The topological polar surface area (TPSA) is 59.3 Å². The fourth-order valence-electron chi connectivity index (χ4n) is 1.78. The summed E-state index contributed by atoms with van der Waals surface area (Å²) in [5.74, 6) is 0.752. The number of carbonyl (C=O) groups excluding carboxylic acids is 2. The lowest BCUT2D eigenvalue weighted by Gasteiger charge is -1.97. The number of furan rings is 1. The smallest absolute Gasteiger partial charge is 0.290 e. The molecule has 1 fully saturated rings. The standard InChI is InChI=1S/C14H8ClNO3S/c15-9-3-1-2-8(6-9)11-5-4-10(19-11)7-12-13(17)16-14(18)20-12/h1-7H,(H,16,17,18)/b12-7-. The average Bonchev–Trinajstić information content (AvgIpc) is 2.97. The fraction of sp³-hybridized carbons (Fsp3) is 0. The molecule has 0 aliphatic carbocycles. The SMILES string of the molecule is O=C1NC(=O)/C(=C/c2ccc(-c3cccc(Cl)c3)o2)S1. The summed E-state index contributed by atoms with van der Waals surface area (Å²) in [6, 6.07) is 10.8. The van der Waals surface area contributed by atoms with Gasteiger partial charge in [-0.25, -0.2) is 0 Å². The molecule has 0 spiro atoms. The van der Waals surface area contributed by atoms with Crippen molar-refractivity contribution in [1.29, 1.82) is 0 Å². The minimum absolute atomic E-state index is 0.321. The molecule has 1 aromatic carbocycles. The Morgan fingerprint density at radius 3 is 2.75 bits per heavy atom. The van der Waals surface area contributed by atoms with Gasteiger partial charge in [0.2, 0.25) is 0 Å². The van der Waals surface area contributed by atoms with E-state index < -0.39 is 5.91 Å². The lowest BCUT2D eigenvalue weighted by atomic mass is 10.2. The van der Waals surface area contributed by atoms with Gasteiger partial charge in [-0.15, -0.1) is 0 Å². The number of halogens is 1. The predicted molar refractivity (Wildman–Crippen MR) is 78.3 cm³/mol. The second-order valence-electron chi connectivity index (χ2n) is 4.06. The molecular formula is C14H8ClNO3S. The summed E-state index contributed by atoms with van der Waals surface area (Å²) in [6.45, 7) is 0. The van der Waals surface area contributed by atoms with Gasteiger partial charge in [0.05, 0.1) is 4.91 Å². The highest BCUT2D eigenvalue weighted by Gasteiger charge is 2.25. The highest BCUT2D eigenvalue weighted by atomic mass is 35.5. The van der Waals surface area contributed by atoms with Gasteiger partial charge < -0.3 is 4.42 Å². The summed E-state index contributed by atoms with van der Waals surface area (Å²) >= 11 is 6.78. The van der Waals surface area contributed by atoms with Gasteiger partial charge in [-0.3, -0.25) is 14.9 Å². The Bertz CT molecular complexity index is 736. The molecule has 0 saturated carbocycles. The molecule has 2 amide bonds. The Hall–Kier alpha value is -1.98. The van der Waals surface area contributed by atoms with Gasteiger partial charge in [-0.2, -0.15) is 0 Å². The van der Waals surface area contributed by atoms with E-state index in [-0.39, 0.29) is 5.24 Å². The van der Waals surface area contributed by atoms with Crippen molar-refractivity contribution in [3.05, 3.63) is 52.1 Å². The molecule has 2 heterocycles. The third kappa shape index (κ3) is 2.64. The fourth-order valence-corrected chi connectivity index (χ4v) is 2.63. The predicted octanol–water partition coefficient (Wildman–Crippen LogP) is 3.92. The van der Waals surface area contributed by atoms with Crippen LogP contribution in [0.2, 0.25) is 5.02 Å². The van der Waals surface area contributed by atoms with Crippen LogP contribution in [0.5, 0.6) is 0 Å². The van der Waals surface area contributed by atoms with Crippen LogP contribution in [0.1, 0.15) is 5.76 Å². The monoisotopic (exact) mass is 305 g/mol. The van der Waals surface area contributed by atoms with E-state index in [0.717, 1.165) is 17.3 Å². The van der Waals surface area contributed by atoms with E-state index in [2.05, 4.69) is 5.32 Å². The van der Waals surface area contributed by atoms with Crippen molar-refractivity contribution in [3.63, 3.8) is 0 Å². The largest absolute Gasteiger partial charge is 0.457 e. The van der Waals surface area contributed by atoms with Crippen LogP contribution in [0.15, 0.2) is 45.7 Å². The number of amides is 2. The molecule has 2 aromatic rings. The molecule has 6 heteroatoms. The molecule has 0 radical (unpaired) electrons. The van der Waals surface area contributed by atoms with Crippen molar-refractivity contribution >= 4 is 40.6 Å². The van der Waals surface area contributed by atoms with Crippen molar-refractivity contribution in [2.45, 2.75) is 0 Å². The zero-order chi connectivity index (χ0) is 14.1. The highest BCUT2D eigenvalue weighted by molar-refractivity contribution is 8.18.